The molecule has 1 N–H and O–H groups in total. The van der Waals surface area contributed by atoms with Crippen molar-refractivity contribution < 1.29 is 27.5 Å². The van der Waals surface area contributed by atoms with Gasteiger partial charge in [0.25, 0.3) is 0 Å². The van der Waals surface area contributed by atoms with Crippen molar-refractivity contribution in [3.8, 4) is 0 Å². The topological polar surface area (TPSA) is 37.3 Å². The molecule has 0 spiro atoms. The summed E-state index contributed by atoms with van der Waals surface area (Å²) in [7, 11) is 0. The molecule has 0 aromatic heterocycles. The first kappa shape index (κ1) is 14.4. The van der Waals surface area contributed by atoms with E-state index in [1.54, 1.807) is 0 Å². The molecule has 0 heterocycles. The van der Waals surface area contributed by atoms with Crippen molar-refractivity contribution in [2.45, 2.75) is 6.18 Å². The minimum atomic E-state index is -4.87. The van der Waals surface area contributed by atoms with Gasteiger partial charge in [0.15, 0.2) is 0 Å². The van der Waals surface area contributed by atoms with E-state index >= 15 is 0 Å². The van der Waals surface area contributed by atoms with Crippen LogP contribution in [-0.2, 0) is 6.18 Å². The summed E-state index contributed by atoms with van der Waals surface area (Å²) in [4.78, 5) is 10.4. The number of hydrogen-bond donors (Lipinski definition) is 1. The van der Waals surface area contributed by atoms with Gasteiger partial charge in [0.2, 0.25) is 0 Å². The summed E-state index contributed by atoms with van der Waals surface area (Å²) in [5, 5.41) is 8.40. The summed E-state index contributed by atoms with van der Waals surface area (Å²) >= 11 is 0. The van der Waals surface area contributed by atoms with E-state index in [9.17, 15) is 22.4 Å². The van der Waals surface area contributed by atoms with Gasteiger partial charge in [0.1, 0.15) is 5.82 Å². The SMILES string of the molecule is O=C(O)c1ccc(F)cc1C(F)(F)F.[Na]. The minimum absolute atomic E-state index is 0. The summed E-state index contributed by atoms with van der Waals surface area (Å²) in [6, 6.07) is 1.41. The number of hydrogen-bond acceptors (Lipinski definition) is 1. The smallest absolute Gasteiger partial charge is 0.417 e. The van der Waals surface area contributed by atoms with Crippen molar-refractivity contribution in [1.82, 2.24) is 0 Å². The number of carbonyl (C=O) groups is 1. The molecule has 1 aromatic rings. The van der Waals surface area contributed by atoms with Crippen molar-refractivity contribution in [1.29, 1.82) is 0 Å². The Morgan fingerprint density at radius 2 is 1.80 bits per heavy atom. The standard InChI is InChI=1S/C8H4F4O2.Na/c9-4-1-2-5(7(13)14)6(3-4)8(10,11)12;/h1-3H,(H,13,14);. The first-order chi connectivity index (χ1) is 6.32. The van der Waals surface area contributed by atoms with E-state index in [4.69, 9.17) is 5.11 Å². The maximum Gasteiger partial charge on any atom is 0.417 e. The van der Waals surface area contributed by atoms with Gasteiger partial charge in [-0.15, -0.1) is 0 Å². The second kappa shape index (κ2) is 4.96. The Labute approximate surface area is 104 Å². The average molecular weight is 231 g/mol. The van der Waals surface area contributed by atoms with Crippen LogP contribution < -0.4 is 0 Å². The monoisotopic (exact) mass is 231 g/mol. The van der Waals surface area contributed by atoms with Gasteiger partial charge in [-0.1, -0.05) is 0 Å². The molecule has 0 amide bonds. The van der Waals surface area contributed by atoms with Crippen molar-refractivity contribution in [3.63, 3.8) is 0 Å². The fourth-order valence-corrected chi connectivity index (χ4v) is 0.937. The average Bonchev–Trinajstić information content (AvgIpc) is 2.01. The van der Waals surface area contributed by atoms with Crippen LogP contribution in [0.3, 0.4) is 0 Å². The molecule has 0 saturated heterocycles. The molecule has 1 rings (SSSR count). The van der Waals surface area contributed by atoms with E-state index < -0.39 is 29.1 Å². The molecule has 2 nitrogen and oxygen atoms in total. The Kier molecular flexibility index (Phi) is 4.76. The van der Waals surface area contributed by atoms with E-state index in [0.29, 0.717) is 12.1 Å². The van der Waals surface area contributed by atoms with Crippen LogP contribution in [0.15, 0.2) is 18.2 Å². The molecule has 0 aliphatic rings. The van der Waals surface area contributed by atoms with Crippen LogP contribution in [0, 0.1) is 5.82 Å². The summed E-state index contributed by atoms with van der Waals surface area (Å²) in [5.41, 5.74) is -2.44. The van der Waals surface area contributed by atoms with Crippen LogP contribution in [0.4, 0.5) is 17.6 Å². The fraction of sp³-hybridized carbons (Fsp3) is 0.125. The third-order valence-corrected chi connectivity index (χ3v) is 1.52. The normalized spacial score (nSPS) is 10.7. The Bertz CT molecular complexity index is 375. The number of rotatable bonds is 1. The minimum Gasteiger partial charge on any atom is -0.478 e. The number of carboxylic acids is 1. The van der Waals surface area contributed by atoms with Crippen molar-refractivity contribution in [2.75, 3.05) is 0 Å². The second-order valence-electron chi connectivity index (χ2n) is 2.49. The van der Waals surface area contributed by atoms with Crippen LogP contribution in [0.2, 0.25) is 0 Å². The molecule has 0 fully saturated rings. The van der Waals surface area contributed by atoms with E-state index in [0.717, 1.165) is 0 Å². The number of halogens is 4. The van der Waals surface area contributed by atoms with Crippen LogP contribution in [-0.4, -0.2) is 40.6 Å². The van der Waals surface area contributed by atoms with E-state index in [1.165, 1.54) is 0 Å². The third kappa shape index (κ3) is 3.48. The predicted molar refractivity (Wildman–Crippen MR) is 44.1 cm³/mol. The van der Waals surface area contributed by atoms with Crippen LogP contribution in [0.1, 0.15) is 15.9 Å². The van der Waals surface area contributed by atoms with Crippen LogP contribution >= 0.6 is 0 Å². The largest absolute Gasteiger partial charge is 0.478 e. The summed E-state index contributed by atoms with van der Waals surface area (Å²) < 4.78 is 48.9. The summed E-state index contributed by atoms with van der Waals surface area (Å²) in [6.07, 6.45) is -4.87. The maximum absolute atomic E-state index is 12.4. The Morgan fingerprint density at radius 1 is 1.27 bits per heavy atom. The van der Waals surface area contributed by atoms with E-state index in [1.807, 2.05) is 0 Å². The third-order valence-electron chi connectivity index (χ3n) is 1.52. The van der Waals surface area contributed by atoms with E-state index in [-0.39, 0.29) is 35.6 Å². The number of alkyl halides is 3. The predicted octanol–water partition coefficient (Wildman–Crippen LogP) is 2.16. The molecule has 0 unspecified atom stereocenters. The van der Waals surface area contributed by atoms with Crippen molar-refractivity contribution in [2.24, 2.45) is 0 Å². The second-order valence-corrected chi connectivity index (χ2v) is 2.49. The number of benzene rings is 1. The molecule has 0 aliphatic carbocycles. The first-order valence-corrected chi connectivity index (χ1v) is 3.42. The van der Waals surface area contributed by atoms with Gasteiger partial charge < -0.3 is 5.11 Å². The van der Waals surface area contributed by atoms with Gasteiger partial charge in [-0.2, -0.15) is 13.2 Å². The zero-order valence-corrected chi connectivity index (χ0v) is 9.60. The Morgan fingerprint density at radius 3 is 2.20 bits per heavy atom. The first-order valence-electron chi connectivity index (χ1n) is 3.42. The summed E-state index contributed by atoms with van der Waals surface area (Å²) in [5.74, 6) is -2.86. The fourth-order valence-electron chi connectivity index (χ4n) is 0.937. The molecular weight excluding hydrogens is 227 g/mol. The molecule has 0 bridgehead atoms. The molecule has 0 aliphatic heterocycles. The summed E-state index contributed by atoms with van der Waals surface area (Å²) in [6.45, 7) is 0. The van der Waals surface area contributed by atoms with Crippen molar-refractivity contribution in [3.05, 3.63) is 35.1 Å². The van der Waals surface area contributed by atoms with Gasteiger partial charge in [-0.05, 0) is 18.2 Å². The Balaban J connectivity index is 0.00000196. The molecular formula is C8H4F4NaO2. The molecule has 77 valence electrons. The van der Waals surface area contributed by atoms with Gasteiger partial charge in [0.05, 0.1) is 11.1 Å². The van der Waals surface area contributed by atoms with Gasteiger partial charge in [0, 0.05) is 29.6 Å². The molecule has 0 saturated carbocycles. The molecule has 7 heteroatoms. The molecule has 15 heavy (non-hydrogen) atoms. The van der Waals surface area contributed by atoms with E-state index in [2.05, 4.69) is 0 Å². The number of carboxylic acid groups (broad SMARTS) is 1. The Hall–Kier alpha value is -0.590. The number of aromatic carboxylic acids is 1. The molecule has 0 atom stereocenters. The molecule has 1 radical (unpaired) electrons. The van der Waals surface area contributed by atoms with Crippen LogP contribution in [0.25, 0.3) is 0 Å². The van der Waals surface area contributed by atoms with Gasteiger partial charge in [-0.3, -0.25) is 0 Å². The van der Waals surface area contributed by atoms with Gasteiger partial charge in [-0.25, -0.2) is 9.18 Å². The zero-order valence-electron chi connectivity index (χ0n) is 7.60. The quantitative estimate of drug-likeness (QED) is 0.594. The maximum atomic E-state index is 12.4. The zero-order chi connectivity index (χ0) is 10.9. The molecule has 1 aromatic carbocycles. The van der Waals surface area contributed by atoms with Crippen molar-refractivity contribution >= 4 is 35.5 Å². The van der Waals surface area contributed by atoms with Gasteiger partial charge >= 0.3 is 12.1 Å². The van der Waals surface area contributed by atoms with Crippen LogP contribution in [0.5, 0.6) is 0 Å².